The molecule has 2 heteroatoms. The van der Waals surface area contributed by atoms with E-state index < -0.39 is 0 Å². The van der Waals surface area contributed by atoms with Gasteiger partial charge in [-0.1, -0.05) is 55.1 Å². The van der Waals surface area contributed by atoms with Gasteiger partial charge in [-0.25, -0.2) is 0 Å². The highest BCUT2D eigenvalue weighted by molar-refractivity contribution is 5.48. The summed E-state index contributed by atoms with van der Waals surface area (Å²) >= 11 is 0. The molecule has 0 saturated heterocycles. The summed E-state index contributed by atoms with van der Waals surface area (Å²) in [4.78, 5) is 9.97. The highest BCUT2D eigenvalue weighted by Crippen LogP contribution is 2.08. The molecule has 0 atom stereocenters. The van der Waals surface area contributed by atoms with Gasteiger partial charge >= 0.3 is 0 Å². The summed E-state index contributed by atoms with van der Waals surface area (Å²) in [5.41, 5.74) is 2.63. The van der Waals surface area contributed by atoms with Crippen LogP contribution in [0.5, 0.6) is 0 Å². The van der Waals surface area contributed by atoms with E-state index in [-0.39, 0.29) is 6.61 Å². The zero-order valence-corrected chi connectivity index (χ0v) is 15.7. The Kier molecular flexibility index (Phi) is 21.9. The molecule has 0 saturated carbocycles. The number of carbonyl (C=O) groups is 1. The van der Waals surface area contributed by atoms with Crippen molar-refractivity contribution >= 4 is 6.29 Å². The lowest BCUT2D eigenvalue weighted by molar-refractivity contribution is -0.107. The largest absolute Gasteiger partial charge is 0.392 e. The summed E-state index contributed by atoms with van der Waals surface area (Å²) in [5, 5.41) is 8.55. The van der Waals surface area contributed by atoms with Crippen molar-refractivity contribution in [2.75, 3.05) is 6.61 Å². The fraction of sp³-hybridized carbons (Fsp3) is 0.667. The first kappa shape index (κ1) is 24.1. The van der Waals surface area contributed by atoms with Crippen molar-refractivity contribution in [1.29, 1.82) is 0 Å². The van der Waals surface area contributed by atoms with Crippen LogP contribution in [-0.4, -0.2) is 18.0 Å². The van der Waals surface area contributed by atoms with Crippen LogP contribution in [0, 0.1) is 0 Å². The van der Waals surface area contributed by atoms with E-state index in [0.29, 0.717) is 0 Å². The Balaban J connectivity index is 0. The van der Waals surface area contributed by atoms with Gasteiger partial charge in [-0.2, -0.15) is 0 Å². The SMILES string of the molecule is C=CCCCCCCCCC=O.CC(C)=CCC/C(C)=C\CO. The minimum Gasteiger partial charge on any atom is -0.392 e. The zero-order valence-electron chi connectivity index (χ0n) is 15.7. The maximum atomic E-state index is 9.97. The van der Waals surface area contributed by atoms with Crippen LogP contribution in [0.1, 0.15) is 85.0 Å². The predicted octanol–water partition coefficient (Wildman–Crippen LogP) is 6.16. The van der Waals surface area contributed by atoms with E-state index in [4.69, 9.17) is 5.11 Å². The second-order valence-corrected chi connectivity index (χ2v) is 6.21. The predicted molar refractivity (Wildman–Crippen MR) is 103 cm³/mol. The first-order valence-corrected chi connectivity index (χ1v) is 9.02. The first-order valence-electron chi connectivity index (χ1n) is 9.02. The minimum absolute atomic E-state index is 0.167. The molecule has 134 valence electrons. The van der Waals surface area contributed by atoms with E-state index in [0.717, 1.165) is 38.4 Å². The van der Waals surface area contributed by atoms with Crippen molar-refractivity contribution in [1.82, 2.24) is 0 Å². The van der Waals surface area contributed by atoms with E-state index >= 15 is 0 Å². The van der Waals surface area contributed by atoms with Crippen LogP contribution in [-0.2, 0) is 4.79 Å². The van der Waals surface area contributed by atoms with Crippen molar-refractivity contribution in [2.24, 2.45) is 0 Å². The topological polar surface area (TPSA) is 37.3 Å². The molecule has 23 heavy (non-hydrogen) atoms. The Morgan fingerprint density at radius 2 is 1.43 bits per heavy atom. The molecular weight excluding hydrogens is 284 g/mol. The number of allylic oxidation sites excluding steroid dienone is 4. The maximum absolute atomic E-state index is 9.97. The highest BCUT2D eigenvalue weighted by atomic mass is 16.2. The highest BCUT2D eigenvalue weighted by Gasteiger charge is 1.89. The van der Waals surface area contributed by atoms with Crippen LogP contribution < -0.4 is 0 Å². The van der Waals surface area contributed by atoms with E-state index in [1.54, 1.807) is 0 Å². The lowest BCUT2D eigenvalue weighted by Gasteiger charge is -1.97. The zero-order chi connectivity index (χ0) is 17.8. The normalized spacial score (nSPS) is 10.5. The molecule has 0 amide bonds. The third kappa shape index (κ3) is 26.1. The average molecular weight is 323 g/mol. The standard InChI is InChI=1S/C11H20O.C10H18O/c1-2-3-4-5-6-7-8-9-10-11-12;1-9(2)5-4-6-10(3)7-8-11/h2,11H,1,3-10H2;5,7,11H,4,6,8H2,1-3H3/b;10-7-. The van der Waals surface area contributed by atoms with Crippen LogP contribution in [0.3, 0.4) is 0 Å². The van der Waals surface area contributed by atoms with Gasteiger partial charge in [-0.3, -0.25) is 0 Å². The molecule has 0 aromatic rings. The lowest BCUT2D eigenvalue weighted by Crippen LogP contribution is -1.80. The van der Waals surface area contributed by atoms with E-state index in [2.05, 4.69) is 33.4 Å². The third-order valence-electron chi connectivity index (χ3n) is 3.51. The summed E-state index contributed by atoms with van der Waals surface area (Å²) < 4.78 is 0. The van der Waals surface area contributed by atoms with Crippen molar-refractivity contribution in [2.45, 2.75) is 85.0 Å². The summed E-state index contributed by atoms with van der Waals surface area (Å²) in [6.07, 6.45) is 18.6. The molecule has 0 aromatic carbocycles. The quantitative estimate of drug-likeness (QED) is 0.250. The molecule has 1 N–H and O–H groups in total. The van der Waals surface area contributed by atoms with Crippen LogP contribution in [0.2, 0.25) is 0 Å². The number of unbranched alkanes of at least 4 members (excludes halogenated alkanes) is 7. The van der Waals surface area contributed by atoms with Crippen molar-refractivity contribution in [3.8, 4) is 0 Å². The number of hydrogen-bond donors (Lipinski definition) is 1. The summed E-state index contributed by atoms with van der Waals surface area (Å²) in [5.74, 6) is 0. The Hall–Kier alpha value is -1.15. The Labute approximate surface area is 144 Å². The number of aliphatic hydroxyl groups is 1. The molecule has 0 aromatic heterocycles. The Morgan fingerprint density at radius 3 is 1.91 bits per heavy atom. The summed E-state index contributed by atoms with van der Waals surface area (Å²) in [6.45, 7) is 10.1. The molecule has 0 rings (SSSR count). The Morgan fingerprint density at radius 1 is 0.870 bits per heavy atom. The van der Waals surface area contributed by atoms with Crippen LogP contribution >= 0.6 is 0 Å². The molecule has 2 nitrogen and oxygen atoms in total. The van der Waals surface area contributed by atoms with Gasteiger partial charge in [0, 0.05) is 6.42 Å². The van der Waals surface area contributed by atoms with Gasteiger partial charge in [0.2, 0.25) is 0 Å². The minimum atomic E-state index is 0.167. The number of hydrogen-bond acceptors (Lipinski definition) is 2. The Bertz CT molecular complexity index is 309. The molecule has 0 fully saturated rings. The van der Waals surface area contributed by atoms with Gasteiger partial charge in [0.15, 0.2) is 0 Å². The number of aldehydes is 1. The average Bonchev–Trinajstić information content (AvgIpc) is 2.50. The van der Waals surface area contributed by atoms with Gasteiger partial charge in [0.05, 0.1) is 6.61 Å². The van der Waals surface area contributed by atoms with Crippen molar-refractivity contribution in [3.05, 3.63) is 36.0 Å². The second-order valence-electron chi connectivity index (χ2n) is 6.21. The van der Waals surface area contributed by atoms with Gasteiger partial charge in [0.1, 0.15) is 6.29 Å². The van der Waals surface area contributed by atoms with Crippen molar-refractivity contribution in [3.63, 3.8) is 0 Å². The molecule has 0 heterocycles. The second kappa shape index (κ2) is 20.9. The monoisotopic (exact) mass is 322 g/mol. The maximum Gasteiger partial charge on any atom is 0.119 e. The lowest BCUT2D eigenvalue weighted by atomic mass is 10.1. The van der Waals surface area contributed by atoms with Crippen LogP contribution in [0.25, 0.3) is 0 Å². The number of rotatable bonds is 13. The van der Waals surface area contributed by atoms with E-state index in [1.807, 2.05) is 12.2 Å². The van der Waals surface area contributed by atoms with Gasteiger partial charge < -0.3 is 9.90 Å². The molecule has 0 aliphatic heterocycles. The third-order valence-corrected chi connectivity index (χ3v) is 3.51. The number of aliphatic hydroxyl groups excluding tert-OH is 1. The molecular formula is C21H38O2. The smallest absolute Gasteiger partial charge is 0.119 e. The van der Waals surface area contributed by atoms with Gasteiger partial charge in [-0.05, 0) is 52.9 Å². The van der Waals surface area contributed by atoms with Crippen molar-refractivity contribution < 1.29 is 9.90 Å². The molecule has 0 aliphatic rings. The summed E-state index contributed by atoms with van der Waals surface area (Å²) in [7, 11) is 0. The molecule has 0 unspecified atom stereocenters. The fourth-order valence-corrected chi connectivity index (χ4v) is 2.07. The van der Waals surface area contributed by atoms with Crippen LogP contribution in [0.4, 0.5) is 0 Å². The molecule has 0 bridgehead atoms. The van der Waals surface area contributed by atoms with Gasteiger partial charge in [0.25, 0.3) is 0 Å². The van der Waals surface area contributed by atoms with E-state index in [1.165, 1.54) is 43.3 Å². The first-order chi connectivity index (χ1) is 11.1. The van der Waals surface area contributed by atoms with Gasteiger partial charge in [-0.15, -0.1) is 6.58 Å². The van der Waals surface area contributed by atoms with E-state index in [9.17, 15) is 4.79 Å². The number of carbonyl (C=O) groups excluding carboxylic acids is 1. The molecule has 0 aliphatic carbocycles. The molecule has 0 radical (unpaired) electrons. The molecule has 0 spiro atoms. The van der Waals surface area contributed by atoms with Crippen LogP contribution in [0.15, 0.2) is 36.0 Å². The fourth-order valence-electron chi connectivity index (χ4n) is 2.07. The summed E-state index contributed by atoms with van der Waals surface area (Å²) in [6, 6.07) is 0.